The Morgan fingerprint density at radius 1 is 1.41 bits per heavy atom. The number of thiazole rings is 1. The van der Waals surface area contributed by atoms with Crippen molar-refractivity contribution in [3.63, 3.8) is 0 Å². The van der Waals surface area contributed by atoms with Crippen LogP contribution in [0.25, 0.3) is 0 Å². The highest BCUT2D eigenvalue weighted by Crippen LogP contribution is 2.26. The van der Waals surface area contributed by atoms with Gasteiger partial charge in [0, 0.05) is 24.4 Å². The molecule has 1 saturated heterocycles. The summed E-state index contributed by atoms with van der Waals surface area (Å²) >= 11 is 1.45. The van der Waals surface area contributed by atoms with Gasteiger partial charge in [0.25, 0.3) is 0 Å². The van der Waals surface area contributed by atoms with E-state index in [1.54, 1.807) is 4.90 Å². The van der Waals surface area contributed by atoms with Gasteiger partial charge in [-0.05, 0) is 25.2 Å². The van der Waals surface area contributed by atoms with Crippen LogP contribution in [0.4, 0.5) is 5.13 Å². The number of rotatable bonds is 4. The lowest BCUT2D eigenvalue weighted by atomic mass is 9.86. The van der Waals surface area contributed by atoms with Gasteiger partial charge in [-0.15, -0.1) is 11.3 Å². The summed E-state index contributed by atoms with van der Waals surface area (Å²) in [5.74, 6) is 0.746. The smallest absolute Gasteiger partial charge is 0.228 e. The Morgan fingerprint density at radius 2 is 2.23 bits per heavy atom. The Bertz CT molecular complexity index is 557. The fourth-order valence-corrected chi connectivity index (χ4v) is 4.17. The maximum Gasteiger partial charge on any atom is 0.228 e. The maximum absolute atomic E-state index is 12.2. The van der Waals surface area contributed by atoms with Gasteiger partial charge in [0.15, 0.2) is 5.13 Å². The molecule has 0 spiro atoms. The van der Waals surface area contributed by atoms with Gasteiger partial charge >= 0.3 is 0 Å². The first-order valence-electron chi connectivity index (χ1n) is 8.17. The van der Waals surface area contributed by atoms with Crippen LogP contribution >= 0.6 is 11.3 Å². The molecule has 3 rings (SSSR count). The molecule has 2 atom stereocenters. The molecule has 0 bridgehead atoms. The first kappa shape index (κ1) is 15.5. The SMILES string of the molecule is C[C@@H]1CCCC[C@H]1NC(=O)Cc1csc(N2CCCC2=O)n1. The summed E-state index contributed by atoms with van der Waals surface area (Å²) in [5.41, 5.74) is 0.765. The predicted octanol–water partition coefficient (Wildman–Crippen LogP) is 2.51. The van der Waals surface area contributed by atoms with Crippen molar-refractivity contribution in [2.75, 3.05) is 11.4 Å². The lowest BCUT2D eigenvalue weighted by Crippen LogP contribution is -2.41. The standard InChI is InChI=1S/C16H23N3O2S/c1-11-5-2-3-6-13(11)18-14(20)9-12-10-22-16(17-12)19-8-4-7-15(19)21/h10-11,13H,2-9H2,1H3,(H,18,20)/t11-,13-/m1/s1. The van der Waals surface area contributed by atoms with Gasteiger partial charge in [0.2, 0.25) is 11.8 Å². The van der Waals surface area contributed by atoms with Crippen LogP contribution in [-0.2, 0) is 16.0 Å². The molecule has 0 radical (unpaired) electrons. The Hall–Kier alpha value is -1.43. The van der Waals surface area contributed by atoms with Crippen molar-refractivity contribution in [2.24, 2.45) is 5.92 Å². The Balaban J connectivity index is 1.55. The van der Waals surface area contributed by atoms with Crippen molar-refractivity contribution in [2.45, 2.75) is 57.9 Å². The van der Waals surface area contributed by atoms with Crippen molar-refractivity contribution in [1.29, 1.82) is 0 Å². The van der Waals surface area contributed by atoms with Gasteiger partial charge in [-0.25, -0.2) is 4.98 Å². The fraction of sp³-hybridized carbons (Fsp3) is 0.688. The van der Waals surface area contributed by atoms with Crippen LogP contribution in [-0.4, -0.2) is 29.4 Å². The largest absolute Gasteiger partial charge is 0.353 e. The normalized spacial score (nSPS) is 25.5. The summed E-state index contributed by atoms with van der Waals surface area (Å²) in [5, 5.41) is 5.78. The summed E-state index contributed by atoms with van der Waals surface area (Å²) in [7, 11) is 0. The molecule has 1 aromatic heterocycles. The van der Waals surface area contributed by atoms with E-state index in [1.165, 1.54) is 30.6 Å². The number of carbonyl (C=O) groups is 2. The highest BCUT2D eigenvalue weighted by molar-refractivity contribution is 7.14. The van der Waals surface area contributed by atoms with Gasteiger partial charge in [-0.3, -0.25) is 14.5 Å². The Labute approximate surface area is 135 Å². The minimum absolute atomic E-state index is 0.0448. The first-order valence-corrected chi connectivity index (χ1v) is 9.05. The summed E-state index contributed by atoms with van der Waals surface area (Å²) in [4.78, 5) is 30.1. The molecule has 1 aromatic rings. The van der Waals surface area contributed by atoms with Crippen LogP contribution in [0.2, 0.25) is 0 Å². The number of carbonyl (C=O) groups excluding carboxylic acids is 2. The number of hydrogen-bond acceptors (Lipinski definition) is 4. The van der Waals surface area contributed by atoms with E-state index >= 15 is 0 Å². The van der Waals surface area contributed by atoms with Gasteiger partial charge in [0.1, 0.15) is 0 Å². The third-order valence-corrected chi connectivity index (χ3v) is 5.56. The van der Waals surface area contributed by atoms with Crippen LogP contribution < -0.4 is 10.2 Å². The molecular formula is C16H23N3O2S. The zero-order valence-corrected chi connectivity index (χ0v) is 13.8. The molecule has 1 N–H and O–H groups in total. The van der Waals surface area contributed by atoms with E-state index in [0.717, 1.165) is 30.2 Å². The highest BCUT2D eigenvalue weighted by atomic mass is 32.1. The number of amides is 2. The van der Waals surface area contributed by atoms with E-state index in [4.69, 9.17) is 0 Å². The van der Waals surface area contributed by atoms with Crippen LogP contribution in [0.3, 0.4) is 0 Å². The number of aromatic nitrogens is 1. The van der Waals surface area contributed by atoms with Crippen molar-refractivity contribution < 1.29 is 9.59 Å². The van der Waals surface area contributed by atoms with Crippen molar-refractivity contribution in [3.05, 3.63) is 11.1 Å². The van der Waals surface area contributed by atoms with E-state index in [2.05, 4.69) is 17.2 Å². The molecule has 0 aromatic carbocycles. The molecule has 1 aliphatic carbocycles. The zero-order valence-electron chi connectivity index (χ0n) is 13.0. The van der Waals surface area contributed by atoms with Gasteiger partial charge in [-0.2, -0.15) is 0 Å². The highest BCUT2D eigenvalue weighted by Gasteiger charge is 2.25. The van der Waals surface area contributed by atoms with Crippen LogP contribution in [0, 0.1) is 5.92 Å². The molecular weight excluding hydrogens is 298 g/mol. The molecule has 2 heterocycles. The zero-order chi connectivity index (χ0) is 15.5. The average Bonchev–Trinajstić information content (AvgIpc) is 3.10. The van der Waals surface area contributed by atoms with Crippen molar-refractivity contribution in [3.8, 4) is 0 Å². The van der Waals surface area contributed by atoms with Crippen LogP contribution in [0.5, 0.6) is 0 Å². The molecule has 22 heavy (non-hydrogen) atoms. The van der Waals surface area contributed by atoms with Crippen molar-refractivity contribution in [1.82, 2.24) is 10.3 Å². The molecule has 5 nitrogen and oxygen atoms in total. The number of hydrogen-bond donors (Lipinski definition) is 1. The fourth-order valence-electron chi connectivity index (χ4n) is 3.30. The number of nitrogens with one attached hydrogen (secondary N) is 1. The summed E-state index contributed by atoms with van der Waals surface area (Å²) in [6.07, 6.45) is 6.56. The van der Waals surface area contributed by atoms with E-state index < -0.39 is 0 Å². The van der Waals surface area contributed by atoms with Gasteiger partial charge in [-0.1, -0.05) is 19.8 Å². The maximum atomic E-state index is 12.2. The molecule has 1 aliphatic heterocycles. The molecule has 120 valence electrons. The summed E-state index contributed by atoms with van der Waals surface area (Å²) in [6.45, 7) is 2.96. The van der Waals surface area contributed by atoms with Gasteiger partial charge in [0.05, 0.1) is 12.1 Å². The Morgan fingerprint density at radius 3 is 2.95 bits per heavy atom. The van der Waals surface area contributed by atoms with Crippen LogP contribution in [0.15, 0.2) is 5.38 Å². The quantitative estimate of drug-likeness (QED) is 0.927. The number of nitrogens with zero attached hydrogens (tertiary/aromatic N) is 2. The predicted molar refractivity (Wildman–Crippen MR) is 87.0 cm³/mol. The van der Waals surface area contributed by atoms with E-state index in [9.17, 15) is 9.59 Å². The van der Waals surface area contributed by atoms with E-state index in [0.29, 0.717) is 24.8 Å². The summed E-state index contributed by atoms with van der Waals surface area (Å²) in [6, 6.07) is 0.305. The summed E-state index contributed by atoms with van der Waals surface area (Å²) < 4.78 is 0. The van der Waals surface area contributed by atoms with Crippen LogP contribution in [0.1, 0.15) is 51.1 Å². The third kappa shape index (κ3) is 3.48. The number of anilines is 1. The minimum Gasteiger partial charge on any atom is -0.353 e. The molecule has 1 saturated carbocycles. The second-order valence-electron chi connectivity index (χ2n) is 6.38. The second kappa shape index (κ2) is 6.77. The first-order chi connectivity index (χ1) is 10.6. The topological polar surface area (TPSA) is 62.3 Å². The lowest BCUT2D eigenvalue weighted by Gasteiger charge is -2.29. The molecule has 2 aliphatic rings. The van der Waals surface area contributed by atoms with E-state index in [1.807, 2.05) is 5.38 Å². The van der Waals surface area contributed by atoms with Crippen molar-refractivity contribution >= 4 is 28.3 Å². The minimum atomic E-state index is 0.0448. The molecule has 6 heteroatoms. The third-order valence-electron chi connectivity index (χ3n) is 4.64. The molecule has 0 unspecified atom stereocenters. The van der Waals surface area contributed by atoms with E-state index in [-0.39, 0.29) is 11.8 Å². The second-order valence-corrected chi connectivity index (χ2v) is 7.22. The lowest BCUT2D eigenvalue weighted by molar-refractivity contribution is -0.121. The van der Waals surface area contributed by atoms with Gasteiger partial charge < -0.3 is 5.32 Å². The molecule has 2 amide bonds. The Kier molecular flexibility index (Phi) is 4.76. The molecule has 2 fully saturated rings. The monoisotopic (exact) mass is 321 g/mol. The average molecular weight is 321 g/mol.